The summed E-state index contributed by atoms with van der Waals surface area (Å²) in [7, 11) is 1.63. The van der Waals surface area contributed by atoms with Crippen LogP contribution in [0.1, 0.15) is 49.1 Å². The summed E-state index contributed by atoms with van der Waals surface area (Å²) in [6.45, 7) is 0. The van der Waals surface area contributed by atoms with Crippen molar-refractivity contribution in [2.75, 3.05) is 7.11 Å². The maximum atomic E-state index is 11.6. The molecule has 0 spiro atoms. The van der Waals surface area contributed by atoms with Gasteiger partial charge in [-0.15, -0.1) is 0 Å². The Balaban J connectivity index is 2.15. The van der Waals surface area contributed by atoms with Crippen molar-refractivity contribution in [1.82, 2.24) is 0 Å². The summed E-state index contributed by atoms with van der Waals surface area (Å²) in [4.78, 5) is 11.6. The Labute approximate surface area is 118 Å². The molecule has 2 aliphatic rings. The maximum absolute atomic E-state index is 11.6. The number of ether oxygens (including phenoxy) is 1. The van der Waals surface area contributed by atoms with Crippen LogP contribution in [0.2, 0.25) is 0 Å². The lowest BCUT2D eigenvalue weighted by molar-refractivity contribution is -0.139. The molecule has 20 heavy (non-hydrogen) atoms. The molecule has 3 rings (SSSR count). The molecule has 4 heteroatoms. The van der Waals surface area contributed by atoms with E-state index in [4.69, 9.17) is 10.5 Å². The first-order chi connectivity index (χ1) is 9.56. The normalized spacial score (nSPS) is 32.1. The van der Waals surface area contributed by atoms with Crippen molar-refractivity contribution < 1.29 is 14.6 Å². The van der Waals surface area contributed by atoms with E-state index in [1.54, 1.807) is 7.11 Å². The van der Waals surface area contributed by atoms with E-state index in [1.165, 1.54) is 0 Å². The predicted molar refractivity (Wildman–Crippen MR) is 75.8 cm³/mol. The van der Waals surface area contributed by atoms with Crippen LogP contribution < -0.4 is 10.5 Å². The Morgan fingerprint density at radius 2 is 2.25 bits per heavy atom. The quantitative estimate of drug-likeness (QED) is 0.870. The average molecular weight is 275 g/mol. The van der Waals surface area contributed by atoms with Gasteiger partial charge in [0, 0.05) is 5.54 Å². The number of fused-ring (bicyclic) bond motifs is 3. The zero-order valence-corrected chi connectivity index (χ0v) is 11.8. The fourth-order valence-electron chi connectivity index (χ4n) is 3.97. The van der Waals surface area contributed by atoms with Crippen LogP contribution >= 0.6 is 0 Å². The third kappa shape index (κ3) is 1.90. The summed E-state index contributed by atoms with van der Waals surface area (Å²) >= 11 is 0. The summed E-state index contributed by atoms with van der Waals surface area (Å²) in [5, 5.41) is 9.51. The minimum Gasteiger partial charge on any atom is -0.497 e. The molecule has 0 bridgehead atoms. The Morgan fingerprint density at radius 1 is 1.45 bits per heavy atom. The Kier molecular flexibility index (Phi) is 3.21. The Hall–Kier alpha value is -1.55. The monoisotopic (exact) mass is 275 g/mol. The van der Waals surface area contributed by atoms with E-state index in [2.05, 4.69) is 0 Å². The number of methoxy groups -OCH3 is 1. The second kappa shape index (κ2) is 4.77. The second-order valence-corrected chi connectivity index (χ2v) is 6.06. The van der Waals surface area contributed by atoms with Crippen LogP contribution in [-0.4, -0.2) is 18.2 Å². The largest absolute Gasteiger partial charge is 0.497 e. The van der Waals surface area contributed by atoms with Crippen LogP contribution in [0.3, 0.4) is 0 Å². The number of nitrogens with two attached hydrogens (primary N) is 1. The Bertz CT molecular complexity index is 543. The van der Waals surface area contributed by atoms with Gasteiger partial charge in [0.05, 0.1) is 13.0 Å². The van der Waals surface area contributed by atoms with Gasteiger partial charge in [-0.1, -0.05) is 18.9 Å². The molecule has 0 aromatic heterocycles. The highest BCUT2D eigenvalue weighted by molar-refractivity contribution is 5.77. The molecule has 3 N–H and O–H groups in total. The van der Waals surface area contributed by atoms with E-state index in [0.717, 1.165) is 42.6 Å². The van der Waals surface area contributed by atoms with Crippen molar-refractivity contribution >= 4 is 5.97 Å². The number of hydrogen-bond donors (Lipinski definition) is 2. The summed E-state index contributed by atoms with van der Waals surface area (Å²) < 4.78 is 5.30. The van der Waals surface area contributed by atoms with Gasteiger partial charge in [-0.3, -0.25) is 4.79 Å². The van der Waals surface area contributed by atoms with Gasteiger partial charge in [0.25, 0.3) is 0 Å². The van der Waals surface area contributed by atoms with E-state index < -0.39 is 11.9 Å². The van der Waals surface area contributed by atoms with Crippen molar-refractivity contribution in [3.8, 4) is 5.75 Å². The molecule has 108 valence electrons. The molecule has 1 saturated carbocycles. The smallest absolute Gasteiger partial charge is 0.310 e. The number of benzene rings is 1. The SMILES string of the molecule is COc1ccc2c(c1)C1(N)CCCCC1CC2C(=O)O. The second-order valence-electron chi connectivity index (χ2n) is 6.06. The van der Waals surface area contributed by atoms with E-state index in [9.17, 15) is 9.90 Å². The van der Waals surface area contributed by atoms with Gasteiger partial charge in [0.15, 0.2) is 0 Å². The Morgan fingerprint density at radius 3 is 2.95 bits per heavy atom. The van der Waals surface area contributed by atoms with Crippen LogP contribution in [0.15, 0.2) is 18.2 Å². The third-order valence-electron chi connectivity index (χ3n) is 5.08. The molecule has 3 unspecified atom stereocenters. The zero-order valence-electron chi connectivity index (χ0n) is 11.8. The minimum absolute atomic E-state index is 0.261. The van der Waals surface area contributed by atoms with Gasteiger partial charge in [-0.05, 0) is 48.4 Å². The first-order valence-corrected chi connectivity index (χ1v) is 7.26. The molecule has 2 aliphatic carbocycles. The van der Waals surface area contributed by atoms with E-state index in [-0.39, 0.29) is 11.5 Å². The summed E-state index contributed by atoms with van der Waals surface area (Å²) in [6.07, 6.45) is 4.88. The first kappa shape index (κ1) is 13.4. The topological polar surface area (TPSA) is 72.5 Å². The van der Waals surface area contributed by atoms with Crippen molar-refractivity contribution in [3.05, 3.63) is 29.3 Å². The van der Waals surface area contributed by atoms with Crippen molar-refractivity contribution in [2.45, 2.75) is 43.6 Å². The van der Waals surface area contributed by atoms with Gasteiger partial charge in [-0.25, -0.2) is 0 Å². The van der Waals surface area contributed by atoms with Crippen LogP contribution in [0.5, 0.6) is 5.75 Å². The van der Waals surface area contributed by atoms with Crippen molar-refractivity contribution in [2.24, 2.45) is 11.7 Å². The van der Waals surface area contributed by atoms with Crippen LogP contribution in [-0.2, 0) is 10.3 Å². The zero-order chi connectivity index (χ0) is 14.3. The van der Waals surface area contributed by atoms with Crippen molar-refractivity contribution in [1.29, 1.82) is 0 Å². The molecule has 0 radical (unpaired) electrons. The fraction of sp³-hybridized carbons (Fsp3) is 0.562. The minimum atomic E-state index is -0.746. The fourth-order valence-corrected chi connectivity index (χ4v) is 3.97. The molecule has 1 aromatic rings. The summed E-state index contributed by atoms with van der Waals surface area (Å²) in [5.41, 5.74) is 8.19. The predicted octanol–water partition coefficient (Wildman–Crippen LogP) is 2.61. The highest BCUT2D eigenvalue weighted by Gasteiger charge is 2.47. The summed E-state index contributed by atoms with van der Waals surface area (Å²) in [6, 6.07) is 5.66. The number of aliphatic carboxylic acids is 1. The highest BCUT2D eigenvalue weighted by Crippen LogP contribution is 2.51. The van der Waals surface area contributed by atoms with Gasteiger partial charge >= 0.3 is 5.97 Å². The lowest BCUT2D eigenvalue weighted by Gasteiger charge is -2.47. The van der Waals surface area contributed by atoms with Crippen LogP contribution in [0, 0.1) is 5.92 Å². The molecule has 0 heterocycles. The van der Waals surface area contributed by atoms with Gasteiger partial charge < -0.3 is 15.6 Å². The molecule has 0 saturated heterocycles. The van der Waals surface area contributed by atoms with Gasteiger partial charge in [-0.2, -0.15) is 0 Å². The first-order valence-electron chi connectivity index (χ1n) is 7.26. The van der Waals surface area contributed by atoms with Gasteiger partial charge in [0.1, 0.15) is 5.75 Å². The number of carbonyl (C=O) groups is 1. The lowest BCUT2D eigenvalue weighted by atomic mass is 9.60. The number of rotatable bonds is 2. The number of carboxylic acids is 1. The maximum Gasteiger partial charge on any atom is 0.310 e. The lowest BCUT2D eigenvalue weighted by Crippen LogP contribution is -2.50. The molecular weight excluding hydrogens is 254 g/mol. The number of hydrogen-bond acceptors (Lipinski definition) is 3. The standard InChI is InChI=1S/C16H21NO3/c1-20-11-5-6-12-13(15(18)19)8-10-4-2-3-7-16(10,17)14(12)9-11/h5-6,9-10,13H,2-4,7-8,17H2,1H3,(H,18,19). The molecule has 4 nitrogen and oxygen atoms in total. The molecule has 3 atom stereocenters. The summed E-state index contributed by atoms with van der Waals surface area (Å²) in [5.74, 6) is -0.166. The third-order valence-corrected chi connectivity index (χ3v) is 5.08. The molecule has 0 amide bonds. The molecular formula is C16H21NO3. The van der Waals surface area contributed by atoms with Crippen molar-refractivity contribution in [3.63, 3.8) is 0 Å². The van der Waals surface area contributed by atoms with E-state index in [0.29, 0.717) is 6.42 Å². The molecule has 1 aromatic carbocycles. The molecule has 0 aliphatic heterocycles. The van der Waals surface area contributed by atoms with Crippen LogP contribution in [0.4, 0.5) is 0 Å². The number of carboxylic acid groups (broad SMARTS) is 1. The highest BCUT2D eigenvalue weighted by atomic mass is 16.5. The van der Waals surface area contributed by atoms with E-state index in [1.807, 2.05) is 18.2 Å². The average Bonchev–Trinajstić information content (AvgIpc) is 2.45. The van der Waals surface area contributed by atoms with Crippen LogP contribution in [0.25, 0.3) is 0 Å². The molecule has 1 fully saturated rings. The van der Waals surface area contributed by atoms with E-state index >= 15 is 0 Å². The van der Waals surface area contributed by atoms with Gasteiger partial charge in [0.2, 0.25) is 0 Å².